The summed E-state index contributed by atoms with van der Waals surface area (Å²) >= 11 is 0. The first-order valence-electron chi connectivity index (χ1n) is 8.51. The van der Waals surface area contributed by atoms with E-state index in [4.69, 9.17) is 0 Å². The molecule has 1 aliphatic heterocycles. The van der Waals surface area contributed by atoms with Crippen molar-refractivity contribution >= 4 is 23.2 Å². The summed E-state index contributed by atoms with van der Waals surface area (Å²) in [5.41, 5.74) is 6.19. The first-order valence-corrected chi connectivity index (χ1v) is 8.51. The third kappa shape index (κ3) is 2.89. The minimum Gasteiger partial charge on any atom is -0.321 e. The molecule has 4 rings (SSSR count). The molecule has 26 heavy (non-hydrogen) atoms. The van der Waals surface area contributed by atoms with Gasteiger partial charge in [0.05, 0.1) is 0 Å². The van der Waals surface area contributed by atoms with E-state index in [1.807, 2.05) is 38.4 Å². The van der Waals surface area contributed by atoms with Crippen LogP contribution >= 0.6 is 0 Å². The number of nitrogens with zero attached hydrogens (tertiary/aromatic N) is 1. The average Bonchev–Trinajstić information content (AvgIpc) is 2.95. The molecule has 4 heteroatoms. The Bertz CT molecular complexity index is 1010. The number of benzene rings is 1. The highest BCUT2D eigenvalue weighted by Crippen LogP contribution is 2.38. The minimum atomic E-state index is -0.348. The van der Waals surface area contributed by atoms with Gasteiger partial charge < -0.3 is 10.2 Å². The summed E-state index contributed by atoms with van der Waals surface area (Å²) in [7, 11) is 4.04. The van der Waals surface area contributed by atoms with Crippen LogP contribution in [0.5, 0.6) is 0 Å². The van der Waals surface area contributed by atoms with Crippen LogP contribution in [0.25, 0.3) is 22.8 Å². The molecule has 1 aromatic rings. The smallest absolute Gasteiger partial charge is 0.256 e. The van der Waals surface area contributed by atoms with Gasteiger partial charge in [-0.15, -0.1) is 0 Å². The van der Waals surface area contributed by atoms with E-state index in [0.717, 1.165) is 28.8 Å². The SMILES string of the molecule is CN(C)Cc1c(/C=C2\C(=O)Nc3ccc(F)cc32)cc2cccccc1-2. The van der Waals surface area contributed by atoms with E-state index in [9.17, 15) is 9.18 Å². The number of hydrogen-bond acceptors (Lipinski definition) is 2. The maximum absolute atomic E-state index is 13.7. The predicted octanol–water partition coefficient (Wildman–Crippen LogP) is 4.48. The van der Waals surface area contributed by atoms with E-state index in [1.165, 1.54) is 12.1 Å². The van der Waals surface area contributed by atoms with Crippen LogP contribution in [-0.4, -0.2) is 24.9 Å². The third-order valence-corrected chi connectivity index (χ3v) is 4.60. The summed E-state index contributed by atoms with van der Waals surface area (Å²) in [4.78, 5) is 14.5. The molecule has 0 radical (unpaired) electrons. The van der Waals surface area contributed by atoms with Gasteiger partial charge in [0.1, 0.15) is 5.82 Å². The number of anilines is 1. The molecule has 0 atom stereocenters. The van der Waals surface area contributed by atoms with Crippen LogP contribution in [0.15, 0.2) is 54.6 Å². The summed E-state index contributed by atoms with van der Waals surface area (Å²) in [5, 5.41) is 2.81. The standard InChI is InChI=1S/C22H19FN2O/c1-25(2)13-20-15(10-14-6-4-3-5-7-17(14)20)11-19-18-12-16(23)8-9-21(18)24-22(19)26/h3-12H,13H2,1-2H3,(H,24,26)/b19-11-. The Balaban J connectivity index is 1.90. The number of rotatable bonds is 3. The summed E-state index contributed by atoms with van der Waals surface area (Å²) < 4.78 is 13.7. The lowest BCUT2D eigenvalue weighted by Gasteiger charge is -2.11. The Morgan fingerprint density at radius 3 is 2.65 bits per heavy atom. The fourth-order valence-electron chi connectivity index (χ4n) is 3.45. The van der Waals surface area contributed by atoms with E-state index in [2.05, 4.69) is 28.4 Å². The molecule has 1 N–H and O–H groups in total. The van der Waals surface area contributed by atoms with E-state index in [0.29, 0.717) is 16.8 Å². The zero-order valence-corrected chi connectivity index (χ0v) is 14.7. The van der Waals surface area contributed by atoms with Crippen molar-refractivity contribution in [1.29, 1.82) is 0 Å². The van der Waals surface area contributed by atoms with Crippen molar-refractivity contribution in [1.82, 2.24) is 4.90 Å². The van der Waals surface area contributed by atoms with Crippen molar-refractivity contribution in [3.8, 4) is 11.1 Å². The molecule has 0 spiro atoms. The lowest BCUT2D eigenvalue weighted by molar-refractivity contribution is -0.110. The second kappa shape index (κ2) is 6.39. The van der Waals surface area contributed by atoms with E-state index in [1.54, 1.807) is 6.07 Å². The second-order valence-corrected chi connectivity index (χ2v) is 6.80. The summed E-state index contributed by atoms with van der Waals surface area (Å²) in [5.74, 6) is -0.545. The first-order chi connectivity index (χ1) is 12.5. The van der Waals surface area contributed by atoms with Crippen molar-refractivity contribution < 1.29 is 9.18 Å². The molecular formula is C22H19FN2O. The van der Waals surface area contributed by atoms with Crippen LogP contribution < -0.4 is 5.32 Å². The molecule has 1 aromatic carbocycles. The summed E-state index contributed by atoms with van der Waals surface area (Å²) in [6.07, 6.45) is 1.87. The highest BCUT2D eigenvalue weighted by molar-refractivity contribution is 6.35. The third-order valence-electron chi connectivity index (χ3n) is 4.60. The van der Waals surface area contributed by atoms with E-state index < -0.39 is 0 Å². The maximum Gasteiger partial charge on any atom is 0.256 e. The molecule has 130 valence electrons. The van der Waals surface area contributed by atoms with Gasteiger partial charge in [-0.3, -0.25) is 4.79 Å². The molecule has 0 fully saturated rings. The van der Waals surface area contributed by atoms with Crippen molar-refractivity contribution in [2.75, 3.05) is 19.4 Å². The molecule has 0 saturated carbocycles. The molecule has 2 aliphatic carbocycles. The minimum absolute atomic E-state index is 0.197. The predicted molar refractivity (Wildman–Crippen MR) is 103 cm³/mol. The number of fused-ring (bicyclic) bond motifs is 2. The number of carbonyl (C=O) groups excluding carboxylic acids is 1. The molecular weight excluding hydrogens is 327 g/mol. The van der Waals surface area contributed by atoms with Crippen molar-refractivity contribution in [3.05, 3.63) is 77.1 Å². The number of halogens is 1. The molecule has 0 saturated heterocycles. The van der Waals surface area contributed by atoms with Gasteiger partial charge in [0.15, 0.2) is 0 Å². The van der Waals surface area contributed by atoms with Crippen LogP contribution in [0.2, 0.25) is 0 Å². The van der Waals surface area contributed by atoms with Gasteiger partial charge in [0.2, 0.25) is 0 Å². The second-order valence-electron chi connectivity index (χ2n) is 6.80. The van der Waals surface area contributed by atoms with Crippen LogP contribution in [0.1, 0.15) is 16.7 Å². The number of carbonyl (C=O) groups is 1. The highest BCUT2D eigenvalue weighted by Gasteiger charge is 2.25. The van der Waals surface area contributed by atoms with Crippen LogP contribution in [0.3, 0.4) is 0 Å². The van der Waals surface area contributed by atoms with E-state index >= 15 is 0 Å². The molecule has 0 bridgehead atoms. The summed E-state index contributed by atoms with van der Waals surface area (Å²) in [6, 6.07) is 16.6. The zero-order valence-electron chi connectivity index (χ0n) is 14.7. The van der Waals surface area contributed by atoms with Gasteiger partial charge in [-0.25, -0.2) is 4.39 Å². The Morgan fingerprint density at radius 1 is 1.04 bits per heavy atom. The Morgan fingerprint density at radius 2 is 1.85 bits per heavy atom. The van der Waals surface area contributed by atoms with Crippen molar-refractivity contribution in [2.45, 2.75) is 6.54 Å². The maximum atomic E-state index is 13.7. The zero-order chi connectivity index (χ0) is 18.3. The number of hydrogen-bond donors (Lipinski definition) is 1. The molecule has 0 unspecified atom stereocenters. The van der Waals surface area contributed by atoms with Gasteiger partial charge in [-0.05, 0) is 66.7 Å². The van der Waals surface area contributed by atoms with Gasteiger partial charge >= 0.3 is 0 Å². The average molecular weight is 346 g/mol. The molecule has 3 nitrogen and oxygen atoms in total. The fraction of sp³-hybridized carbons (Fsp3) is 0.136. The Hall–Kier alpha value is -2.98. The normalized spacial score (nSPS) is 14.9. The molecule has 3 aliphatic rings. The van der Waals surface area contributed by atoms with Crippen LogP contribution in [0.4, 0.5) is 10.1 Å². The monoisotopic (exact) mass is 346 g/mol. The van der Waals surface area contributed by atoms with Crippen LogP contribution in [-0.2, 0) is 11.3 Å². The summed E-state index contributed by atoms with van der Waals surface area (Å²) in [6.45, 7) is 0.754. The Kier molecular flexibility index (Phi) is 4.05. The van der Waals surface area contributed by atoms with Crippen molar-refractivity contribution in [3.63, 3.8) is 0 Å². The van der Waals surface area contributed by atoms with Gasteiger partial charge in [-0.2, -0.15) is 0 Å². The first kappa shape index (κ1) is 16.5. The van der Waals surface area contributed by atoms with E-state index in [-0.39, 0.29) is 11.7 Å². The Labute approximate surface area is 152 Å². The number of amides is 1. The van der Waals surface area contributed by atoms with Gasteiger partial charge in [0, 0.05) is 23.4 Å². The lowest BCUT2D eigenvalue weighted by Crippen LogP contribution is -2.11. The van der Waals surface area contributed by atoms with Gasteiger partial charge in [0.25, 0.3) is 5.91 Å². The topological polar surface area (TPSA) is 32.3 Å². The quantitative estimate of drug-likeness (QED) is 0.709. The molecule has 1 heterocycles. The van der Waals surface area contributed by atoms with Crippen LogP contribution in [0, 0.1) is 5.82 Å². The highest BCUT2D eigenvalue weighted by atomic mass is 19.1. The lowest BCUT2D eigenvalue weighted by atomic mass is 10.0. The van der Waals surface area contributed by atoms with Crippen molar-refractivity contribution in [2.24, 2.45) is 0 Å². The van der Waals surface area contributed by atoms with Gasteiger partial charge in [-0.1, -0.05) is 30.3 Å². The largest absolute Gasteiger partial charge is 0.321 e. The molecule has 0 aromatic heterocycles. The number of nitrogens with one attached hydrogen (secondary N) is 1. The molecule has 1 amide bonds. The fourth-order valence-corrected chi connectivity index (χ4v) is 3.45.